The molecule has 0 radical (unpaired) electrons. The van der Waals surface area contributed by atoms with E-state index in [-0.39, 0.29) is 33.1 Å². The molecule has 3 aromatic carbocycles. The Balaban J connectivity index is 2.07. The van der Waals surface area contributed by atoms with Crippen LogP contribution in [0.1, 0.15) is 44.4 Å². The van der Waals surface area contributed by atoms with Crippen LogP contribution in [0.5, 0.6) is 0 Å². The summed E-state index contributed by atoms with van der Waals surface area (Å²) in [6.45, 7) is 10.5. The zero-order valence-electron chi connectivity index (χ0n) is 23.5. The van der Waals surface area contributed by atoms with E-state index in [4.69, 9.17) is 23.2 Å². The van der Waals surface area contributed by atoms with Gasteiger partial charge in [0.15, 0.2) is 0 Å². The van der Waals surface area contributed by atoms with Gasteiger partial charge >= 0.3 is 0 Å². The Kier molecular flexibility index (Phi) is 9.93. The maximum Gasteiger partial charge on any atom is 0.264 e. The van der Waals surface area contributed by atoms with E-state index in [9.17, 15) is 18.0 Å². The molecule has 7 nitrogen and oxygen atoms in total. The summed E-state index contributed by atoms with van der Waals surface area (Å²) >= 11 is 12.4. The zero-order chi connectivity index (χ0) is 29.8. The Morgan fingerprint density at radius 2 is 1.55 bits per heavy atom. The van der Waals surface area contributed by atoms with Gasteiger partial charge in [-0.1, -0.05) is 70.7 Å². The zero-order valence-corrected chi connectivity index (χ0v) is 25.9. The lowest BCUT2D eigenvalue weighted by molar-refractivity contribution is -0.140. The summed E-state index contributed by atoms with van der Waals surface area (Å²) in [6, 6.07) is 17.4. The summed E-state index contributed by atoms with van der Waals surface area (Å²) in [5, 5.41) is 3.31. The fraction of sp³-hybridized carbons (Fsp3) is 0.333. The summed E-state index contributed by atoms with van der Waals surface area (Å²) in [4.78, 5) is 28.6. The van der Waals surface area contributed by atoms with E-state index < -0.39 is 34.1 Å². The van der Waals surface area contributed by atoms with Crippen molar-refractivity contribution in [3.05, 3.63) is 93.5 Å². The van der Waals surface area contributed by atoms with Crippen LogP contribution in [-0.4, -0.2) is 43.3 Å². The van der Waals surface area contributed by atoms with Gasteiger partial charge in [0.25, 0.3) is 10.0 Å². The molecule has 0 heterocycles. The van der Waals surface area contributed by atoms with Crippen molar-refractivity contribution in [3.63, 3.8) is 0 Å². The summed E-state index contributed by atoms with van der Waals surface area (Å²) in [5.41, 5.74) is 2.34. The molecule has 1 N–H and O–H groups in total. The monoisotopic (exact) mass is 603 g/mol. The topological polar surface area (TPSA) is 86.8 Å². The van der Waals surface area contributed by atoms with Crippen LogP contribution in [0.25, 0.3) is 0 Å². The molecular formula is C30H35Cl2N3O4S. The number of anilines is 1. The van der Waals surface area contributed by atoms with Crippen LogP contribution in [0.2, 0.25) is 10.0 Å². The standard InChI is InChI=1S/C30H35Cl2N3O4S/c1-20-10-13-25(14-11-20)40(38,39)35(24-12-15-26(31)27(32)17-24)19-28(36)34(18-23-9-7-8-21(2)16-23)22(3)29(37)33-30(4,5)6/h7-17,22H,18-19H2,1-6H3,(H,33,37)/t22-/m1/s1. The smallest absolute Gasteiger partial charge is 0.264 e. The van der Waals surface area contributed by atoms with Crippen LogP contribution in [0, 0.1) is 13.8 Å². The maximum atomic E-state index is 14.0. The van der Waals surface area contributed by atoms with Gasteiger partial charge in [-0.3, -0.25) is 13.9 Å². The Morgan fingerprint density at radius 3 is 2.12 bits per heavy atom. The van der Waals surface area contributed by atoms with Crippen LogP contribution >= 0.6 is 23.2 Å². The molecule has 0 fully saturated rings. The van der Waals surface area contributed by atoms with Crippen molar-refractivity contribution in [1.82, 2.24) is 10.2 Å². The number of hydrogen-bond acceptors (Lipinski definition) is 4. The molecule has 0 saturated carbocycles. The van der Waals surface area contributed by atoms with Crippen molar-refractivity contribution in [3.8, 4) is 0 Å². The van der Waals surface area contributed by atoms with Crippen molar-refractivity contribution in [2.45, 2.75) is 64.6 Å². The van der Waals surface area contributed by atoms with Crippen molar-refractivity contribution >= 4 is 50.7 Å². The van der Waals surface area contributed by atoms with Crippen molar-refractivity contribution < 1.29 is 18.0 Å². The maximum absolute atomic E-state index is 14.0. The Labute approximate surface area is 247 Å². The molecular weight excluding hydrogens is 569 g/mol. The van der Waals surface area contributed by atoms with Crippen molar-refractivity contribution in [1.29, 1.82) is 0 Å². The number of nitrogens with one attached hydrogen (secondary N) is 1. The Bertz CT molecular complexity index is 1490. The molecule has 40 heavy (non-hydrogen) atoms. The molecule has 214 valence electrons. The second-order valence-electron chi connectivity index (χ2n) is 10.8. The van der Waals surface area contributed by atoms with E-state index in [1.165, 1.54) is 35.2 Å². The van der Waals surface area contributed by atoms with E-state index in [0.717, 1.165) is 21.0 Å². The van der Waals surface area contributed by atoms with E-state index in [1.54, 1.807) is 19.1 Å². The van der Waals surface area contributed by atoms with E-state index in [2.05, 4.69) is 5.32 Å². The van der Waals surface area contributed by atoms with Gasteiger partial charge in [-0.2, -0.15) is 0 Å². The predicted molar refractivity (Wildman–Crippen MR) is 161 cm³/mol. The van der Waals surface area contributed by atoms with E-state index >= 15 is 0 Å². The lowest BCUT2D eigenvalue weighted by atomic mass is 10.1. The number of benzene rings is 3. The first-order chi connectivity index (χ1) is 18.6. The Morgan fingerprint density at radius 1 is 0.900 bits per heavy atom. The van der Waals surface area contributed by atoms with Gasteiger partial charge < -0.3 is 10.2 Å². The molecule has 10 heteroatoms. The van der Waals surface area contributed by atoms with Gasteiger partial charge in [0.05, 0.1) is 20.6 Å². The highest BCUT2D eigenvalue weighted by molar-refractivity contribution is 7.92. The molecule has 3 aromatic rings. The van der Waals surface area contributed by atoms with Gasteiger partial charge in [-0.15, -0.1) is 0 Å². The second-order valence-corrected chi connectivity index (χ2v) is 13.5. The molecule has 0 aliphatic heterocycles. The van der Waals surface area contributed by atoms with Gasteiger partial charge in [0, 0.05) is 12.1 Å². The fourth-order valence-electron chi connectivity index (χ4n) is 4.07. The largest absolute Gasteiger partial charge is 0.350 e. The minimum atomic E-state index is -4.20. The average molecular weight is 605 g/mol. The van der Waals surface area contributed by atoms with Crippen molar-refractivity contribution in [2.24, 2.45) is 0 Å². The molecule has 0 aliphatic carbocycles. The van der Waals surface area contributed by atoms with Crippen LogP contribution < -0.4 is 9.62 Å². The number of amides is 2. The first-order valence-corrected chi connectivity index (χ1v) is 15.0. The first kappa shape index (κ1) is 31.5. The summed E-state index contributed by atoms with van der Waals surface area (Å²) < 4.78 is 28.8. The number of carbonyl (C=O) groups is 2. The number of halogens is 2. The number of hydrogen-bond donors (Lipinski definition) is 1. The molecule has 0 aliphatic rings. The lowest BCUT2D eigenvalue weighted by Crippen LogP contribution is -2.54. The molecule has 0 saturated heterocycles. The van der Waals surface area contributed by atoms with Gasteiger partial charge in [-0.25, -0.2) is 8.42 Å². The van der Waals surface area contributed by atoms with Gasteiger partial charge in [-0.05, 0) is 77.4 Å². The Hall–Kier alpha value is -3.07. The second kappa shape index (κ2) is 12.6. The summed E-state index contributed by atoms with van der Waals surface area (Å²) in [5.74, 6) is -0.907. The lowest BCUT2D eigenvalue weighted by Gasteiger charge is -2.33. The highest BCUT2D eigenvalue weighted by Crippen LogP contribution is 2.31. The third kappa shape index (κ3) is 7.99. The normalized spacial score (nSPS) is 12.5. The quantitative estimate of drug-likeness (QED) is 0.318. The first-order valence-electron chi connectivity index (χ1n) is 12.8. The predicted octanol–water partition coefficient (Wildman–Crippen LogP) is 6.14. The number of rotatable bonds is 9. The molecule has 3 rings (SSSR count). The van der Waals surface area contributed by atoms with Crippen LogP contribution in [0.15, 0.2) is 71.6 Å². The van der Waals surface area contributed by atoms with Crippen LogP contribution in [0.4, 0.5) is 5.69 Å². The summed E-state index contributed by atoms with van der Waals surface area (Å²) in [7, 11) is -4.20. The number of aryl methyl sites for hydroxylation is 2. The number of sulfonamides is 1. The number of nitrogens with zero attached hydrogens (tertiary/aromatic N) is 2. The SMILES string of the molecule is Cc1ccc(S(=O)(=O)N(CC(=O)N(Cc2cccc(C)c2)[C@H](C)C(=O)NC(C)(C)C)c2ccc(Cl)c(Cl)c2)cc1. The van der Waals surface area contributed by atoms with Gasteiger partial charge in [0.1, 0.15) is 12.6 Å². The molecule has 0 unspecified atom stereocenters. The summed E-state index contributed by atoms with van der Waals surface area (Å²) in [6.07, 6.45) is 0. The molecule has 0 spiro atoms. The highest BCUT2D eigenvalue weighted by atomic mass is 35.5. The van der Waals surface area contributed by atoms with Crippen LogP contribution in [0.3, 0.4) is 0 Å². The number of carbonyl (C=O) groups excluding carboxylic acids is 2. The van der Waals surface area contributed by atoms with E-state index in [1.807, 2.05) is 58.9 Å². The fourth-order valence-corrected chi connectivity index (χ4v) is 5.77. The molecule has 0 aromatic heterocycles. The highest BCUT2D eigenvalue weighted by Gasteiger charge is 2.33. The molecule has 1 atom stereocenters. The third-order valence-corrected chi connectivity index (χ3v) is 8.71. The molecule has 0 bridgehead atoms. The van der Waals surface area contributed by atoms with Crippen molar-refractivity contribution in [2.75, 3.05) is 10.8 Å². The minimum absolute atomic E-state index is 0.0146. The average Bonchev–Trinajstić information content (AvgIpc) is 2.86. The minimum Gasteiger partial charge on any atom is -0.350 e. The van der Waals surface area contributed by atoms with Crippen LogP contribution in [-0.2, 0) is 26.2 Å². The molecule has 2 amide bonds. The van der Waals surface area contributed by atoms with E-state index in [0.29, 0.717) is 0 Å². The van der Waals surface area contributed by atoms with Gasteiger partial charge in [0.2, 0.25) is 11.8 Å². The third-order valence-electron chi connectivity index (χ3n) is 6.18.